The third-order valence-corrected chi connectivity index (χ3v) is 4.25. The first-order chi connectivity index (χ1) is 8.54. The molecule has 7 heteroatoms. The van der Waals surface area contributed by atoms with Gasteiger partial charge in [-0.2, -0.15) is 5.10 Å². The normalized spacial score (nSPS) is 11.6. The van der Waals surface area contributed by atoms with Crippen LogP contribution in [0.4, 0.5) is 5.69 Å². The number of sulfone groups is 1. The number of anilines is 1. The lowest BCUT2D eigenvalue weighted by Gasteiger charge is -2.07. The average Bonchev–Trinajstić information content (AvgIpc) is 2.76. The van der Waals surface area contributed by atoms with Crippen LogP contribution < -0.4 is 5.73 Å². The Labute approximate surface area is 105 Å². The summed E-state index contributed by atoms with van der Waals surface area (Å²) in [5.41, 5.74) is 5.93. The van der Waals surface area contributed by atoms with E-state index in [9.17, 15) is 8.42 Å². The molecule has 0 unspecified atom stereocenters. The summed E-state index contributed by atoms with van der Waals surface area (Å²) in [5.74, 6) is 0.218. The number of benzene rings is 1. The van der Waals surface area contributed by atoms with Crippen molar-refractivity contribution in [3.63, 3.8) is 0 Å². The lowest BCUT2D eigenvalue weighted by molar-refractivity contribution is 0.584. The van der Waals surface area contributed by atoms with Crippen molar-refractivity contribution in [1.82, 2.24) is 14.8 Å². The first-order valence-electron chi connectivity index (χ1n) is 5.48. The molecule has 0 aliphatic carbocycles. The van der Waals surface area contributed by atoms with Crippen molar-refractivity contribution in [1.29, 1.82) is 0 Å². The Kier molecular flexibility index (Phi) is 3.33. The first-order valence-corrected chi connectivity index (χ1v) is 7.13. The van der Waals surface area contributed by atoms with Crippen LogP contribution in [0.25, 0.3) is 0 Å². The molecule has 96 valence electrons. The van der Waals surface area contributed by atoms with Crippen molar-refractivity contribution < 1.29 is 8.42 Å². The van der Waals surface area contributed by atoms with Gasteiger partial charge in [-0.05, 0) is 19.1 Å². The third-order valence-electron chi connectivity index (χ3n) is 2.57. The van der Waals surface area contributed by atoms with Gasteiger partial charge in [-0.3, -0.25) is 0 Å². The number of hydrogen-bond acceptors (Lipinski definition) is 5. The molecule has 0 fully saturated rings. The van der Waals surface area contributed by atoms with Gasteiger partial charge < -0.3 is 5.73 Å². The molecular formula is C11H14N4O2S. The van der Waals surface area contributed by atoms with Crippen LogP contribution in [0.5, 0.6) is 0 Å². The maximum atomic E-state index is 12.2. The molecule has 0 saturated carbocycles. The Hall–Kier alpha value is -1.89. The lowest BCUT2D eigenvalue weighted by atomic mass is 10.3. The topological polar surface area (TPSA) is 90.9 Å². The number of aromatic nitrogens is 3. The monoisotopic (exact) mass is 266 g/mol. The van der Waals surface area contributed by atoms with Crippen LogP contribution in [0.15, 0.2) is 35.5 Å². The largest absolute Gasteiger partial charge is 0.398 e. The summed E-state index contributed by atoms with van der Waals surface area (Å²) in [7, 11) is -3.49. The van der Waals surface area contributed by atoms with Crippen LogP contribution in [0.3, 0.4) is 0 Å². The number of aryl methyl sites for hydroxylation is 1. The second-order valence-corrected chi connectivity index (χ2v) is 5.75. The number of nitrogen functional groups attached to an aromatic ring is 1. The molecule has 2 rings (SSSR count). The highest BCUT2D eigenvalue weighted by atomic mass is 32.2. The van der Waals surface area contributed by atoms with E-state index in [1.54, 1.807) is 22.9 Å². The van der Waals surface area contributed by atoms with Gasteiger partial charge in [0, 0.05) is 6.54 Å². The van der Waals surface area contributed by atoms with Gasteiger partial charge in [0.15, 0.2) is 9.84 Å². The molecule has 0 amide bonds. The number of rotatable bonds is 4. The van der Waals surface area contributed by atoms with Gasteiger partial charge >= 0.3 is 0 Å². The zero-order chi connectivity index (χ0) is 13.2. The number of nitrogens with two attached hydrogens (primary N) is 1. The van der Waals surface area contributed by atoms with Crippen LogP contribution >= 0.6 is 0 Å². The minimum atomic E-state index is -3.49. The summed E-state index contributed by atoms with van der Waals surface area (Å²) in [4.78, 5) is 4.09. The van der Waals surface area contributed by atoms with E-state index in [2.05, 4.69) is 10.1 Å². The van der Waals surface area contributed by atoms with E-state index in [0.29, 0.717) is 12.4 Å². The molecule has 0 aliphatic heterocycles. The lowest BCUT2D eigenvalue weighted by Crippen LogP contribution is -2.12. The maximum Gasteiger partial charge on any atom is 0.187 e. The fraction of sp³-hybridized carbons (Fsp3) is 0.273. The van der Waals surface area contributed by atoms with Crippen LogP contribution in [0, 0.1) is 0 Å². The van der Waals surface area contributed by atoms with Crippen LogP contribution in [0.1, 0.15) is 12.7 Å². The Morgan fingerprint density at radius 3 is 2.72 bits per heavy atom. The van der Waals surface area contributed by atoms with Gasteiger partial charge in [0.2, 0.25) is 0 Å². The highest BCUT2D eigenvalue weighted by molar-refractivity contribution is 7.90. The Balaban J connectivity index is 2.37. The van der Waals surface area contributed by atoms with Crippen molar-refractivity contribution in [2.45, 2.75) is 24.1 Å². The molecule has 1 aromatic heterocycles. The van der Waals surface area contributed by atoms with Gasteiger partial charge in [-0.1, -0.05) is 12.1 Å². The second kappa shape index (κ2) is 4.77. The molecule has 18 heavy (non-hydrogen) atoms. The highest BCUT2D eigenvalue weighted by Crippen LogP contribution is 2.21. The van der Waals surface area contributed by atoms with E-state index in [0.717, 1.165) is 0 Å². The molecule has 0 bridgehead atoms. The van der Waals surface area contributed by atoms with Gasteiger partial charge in [-0.25, -0.2) is 18.1 Å². The molecule has 2 N–H and O–H groups in total. The highest BCUT2D eigenvalue weighted by Gasteiger charge is 2.20. The predicted octanol–water partition coefficient (Wildman–Crippen LogP) is 0.854. The first kappa shape index (κ1) is 12.6. The summed E-state index contributed by atoms with van der Waals surface area (Å²) < 4.78 is 26.0. The van der Waals surface area contributed by atoms with Crippen molar-refractivity contribution >= 4 is 15.5 Å². The smallest absolute Gasteiger partial charge is 0.187 e. The van der Waals surface area contributed by atoms with Crippen molar-refractivity contribution in [3.8, 4) is 0 Å². The van der Waals surface area contributed by atoms with Crippen LogP contribution in [-0.4, -0.2) is 23.2 Å². The summed E-state index contributed by atoms with van der Waals surface area (Å²) in [6.07, 6.45) is 1.35. The third kappa shape index (κ3) is 2.35. The van der Waals surface area contributed by atoms with Gasteiger partial charge in [0.1, 0.15) is 17.9 Å². The van der Waals surface area contributed by atoms with E-state index in [4.69, 9.17) is 5.73 Å². The molecule has 0 atom stereocenters. The Morgan fingerprint density at radius 1 is 1.33 bits per heavy atom. The van der Waals surface area contributed by atoms with E-state index in [-0.39, 0.29) is 16.3 Å². The molecule has 0 spiro atoms. The fourth-order valence-corrected chi connectivity index (χ4v) is 3.11. The molecule has 0 radical (unpaired) electrons. The maximum absolute atomic E-state index is 12.2. The van der Waals surface area contributed by atoms with Gasteiger partial charge in [0.05, 0.1) is 10.6 Å². The predicted molar refractivity (Wildman–Crippen MR) is 67.4 cm³/mol. The molecule has 2 aromatic rings. The van der Waals surface area contributed by atoms with Gasteiger partial charge in [0.25, 0.3) is 0 Å². The molecule has 1 heterocycles. The number of nitrogens with zero attached hydrogens (tertiary/aromatic N) is 3. The van der Waals surface area contributed by atoms with Crippen molar-refractivity contribution in [2.75, 3.05) is 5.73 Å². The number of para-hydroxylation sites is 1. The number of hydrogen-bond donors (Lipinski definition) is 1. The SMILES string of the molecule is CCn1ncnc1CS(=O)(=O)c1ccccc1N. The van der Waals surface area contributed by atoms with E-state index < -0.39 is 9.84 Å². The fourth-order valence-electron chi connectivity index (χ4n) is 1.68. The molecular weight excluding hydrogens is 252 g/mol. The zero-order valence-electron chi connectivity index (χ0n) is 9.94. The average molecular weight is 266 g/mol. The van der Waals surface area contributed by atoms with E-state index in [1.165, 1.54) is 12.4 Å². The van der Waals surface area contributed by atoms with E-state index >= 15 is 0 Å². The van der Waals surface area contributed by atoms with Crippen molar-refractivity contribution in [2.24, 2.45) is 0 Å². The Bertz CT molecular complexity index is 649. The van der Waals surface area contributed by atoms with Crippen molar-refractivity contribution in [3.05, 3.63) is 36.4 Å². The van der Waals surface area contributed by atoms with E-state index in [1.807, 2.05) is 6.92 Å². The van der Waals surface area contributed by atoms with Gasteiger partial charge in [-0.15, -0.1) is 0 Å². The summed E-state index contributed by atoms with van der Waals surface area (Å²) >= 11 is 0. The Morgan fingerprint density at radius 2 is 2.06 bits per heavy atom. The minimum absolute atomic E-state index is 0.135. The molecule has 6 nitrogen and oxygen atoms in total. The summed E-state index contributed by atoms with van der Waals surface area (Å²) in [6, 6.07) is 6.41. The van der Waals surface area contributed by atoms with Crippen LogP contribution in [-0.2, 0) is 22.1 Å². The molecule has 0 aliphatic rings. The minimum Gasteiger partial charge on any atom is -0.398 e. The zero-order valence-corrected chi connectivity index (χ0v) is 10.8. The summed E-state index contributed by atoms with van der Waals surface area (Å²) in [6.45, 7) is 2.46. The molecule has 1 aromatic carbocycles. The van der Waals surface area contributed by atoms with Crippen LogP contribution in [0.2, 0.25) is 0 Å². The molecule has 0 saturated heterocycles. The summed E-state index contributed by atoms with van der Waals surface area (Å²) in [5, 5.41) is 3.94. The quantitative estimate of drug-likeness (QED) is 0.828. The second-order valence-electron chi connectivity index (χ2n) is 3.79. The standard InChI is InChI=1S/C11H14N4O2S/c1-2-15-11(13-8-14-15)7-18(16,17)10-6-4-3-5-9(10)12/h3-6,8H,2,7,12H2,1H3.